The van der Waals surface area contributed by atoms with E-state index in [1.54, 1.807) is 0 Å². The number of benzene rings is 1. The number of fused-ring (bicyclic) bond motifs is 1. The number of hydrogen-bond acceptors (Lipinski definition) is 2. The monoisotopic (exact) mass is 254 g/mol. The van der Waals surface area contributed by atoms with Gasteiger partial charge in [0, 0.05) is 23.6 Å². The molecule has 0 saturated heterocycles. The first-order valence-electron chi connectivity index (χ1n) is 4.88. The summed E-state index contributed by atoms with van der Waals surface area (Å²) in [6, 6.07) is 7.02. The minimum atomic E-state index is 0.503. The Morgan fingerprint density at radius 2 is 2.29 bits per heavy atom. The van der Waals surface area contributed by atoms with Crippen LogP contribution in [0, 0.1) is 0 Å². The van der Waals surface area contributed by atoms with Crippen molar-refractivity contribution in [2.24, 2.45) is 5.73 Å². The molecule has 1 aromatic carbocycles. The predicted octanol–water partition coefficient (Wildman–Crippen LogP) is 1.76. The predicted molar refractivity (Wildman–Crippen MR) is 62.2 cm³/mol. The van der Waals surface area contributed by atoms with E-state index in [9.17, 15) is 0 Å². The minimum absolute atomic E-state index is 0.503. The van der Waals surface area contributed by atoms with Crippen LogP contribution in [0.5, 0.6) is 0 Å². The summed E-state index contributed by atoms with van der Waals surface area (Å²) in [5.74, 6) is 0. The molecule has 0 bridgehead atoms. The summed E-state index contributed by atoms with van der Waals surface area (Å²) in [6.07, 6.45) is 1.08. The number of rotatable bonds is 1. The van der Waals surface area contributed by atoms with Crippen LogP contribution in [0.2, 0.25) is 0 Å². The minimum Gasteiger partial charge on any atom is -0.329 e. The van der Waals surface area contributed by atoms with Crippen LogP contribution < -0.4 is 5.73 Å². The molecule has 2 N–H and O–H groups in total. The van der Waals surface area contributed by atoms with Gasteiger partial charge in [-0.15, -0.1) is 0 Å². The van der Waals surface area contributed by atoms with Gasteiger partial charge in [0.1, 0.15) is 0 Å². The summed E-state index contributed by atoms with van der Waals surface area (Å²) in [6.45, 7) is 1.75. The summed E-state index contributed by atoms with van der Waals surface area (Å²) in [5, 5.41) is 0. The Kier molecular flexibility index (Phi) is 2.91. The van der Waals surface area contributed by atoms with Gasteiger partial charge < -0.3 is 5.73 Å². The smallest absolute Gasteiger partial charge is 0.0259 e. The summed E-state index contributed by atoms with van der Waals surface area (Å²) in [4.78, 5) is 2.33. The van der Waals surface area contributed by atoms with Crippen molar-refractivity contribution in [3.8, 4) is 0 Å². The van der Waals surface area contributed by atoms with Crippen LogP contribution in [0.25, 0.3) is 0 Å². The first-order chi connectivity index (χ1) is 6.70. The second-order valence-corrected chi connectivity index (χ2v) is 4.84. The maximum absolute atomic E-state index is 5.73. The van der Waals surface area contributed by atoms with E-state index >= 15 is 0 Å². The molecule has 0 saturated carbocycles. The highest BCUT2D eigenvalue weighted by molar-refractivity contribution is 9.10. The molecule has 0 aliphatic carbocycles. The molecule has 0 amide bonds. The van der Waals surface area contributed by atoms with Crippen molar-refractivity contribution in [2.75, 3.05) is 13.6 Å². The summed E-state index contributed by atoms with van der Waals surface area (Å²) in [5.41, 5.74) is 8.60. The first-order valence-corrected chi connectivity index (χ1v) is 5.67. The Morgan fingerprint density at radius 3 is 3.00 bits per heavy atom. The van der Waals surface area contributed by atoms with E-state index in [-0.39, 0.29) is 0 Å². The van der Waals surface area contributed by atoms with Gasteiger partial charge >= 0.3 is 0 Å². The van der Waals surface area contributed by atoms with Crippen LogP contribution in [-0.4, -0.2) is 24.5 Å². The van der Waals surface area contributed by atoms with Gasteiger partial charge in [-0.25, -0.2) is 0 Å². The lowest BCUT2D eigenvalue weighted by Gasteiger charge is -2.33. The number of likely N-dealkylation sites (N-methyl/N-ethyl adjacent to an activating group) is 1. The Balaban J connectivity index is 2.30. The van der Waals surface area contributed by atoms with E-state index in [2.05, 4.69) is 46.1 Å². The maximum Gasteiger partial charge on any atom is 0.0259 e. The van der Waals surface area contributed by atoms with Crippen LogP contribution in [0.3, 0.4) is 0 Å². The molecule has 1 atom stereocenters. The SMILES string of the molecule is CN1Cc2cc(Br)ccc2CC1CN. The lowest BCUT2D eigenvalue weighted by atomic mass is 9.94. The molecule has 76 valence electrons. The molecule has 0 aromatic heterocycles. The van der Waals surface area contributed by atoms with Crippen molar-refractivity contribution in [3.63, 3.8) is 0 Å². The number of nitrogens with zero attached hydrogens (tertiary/aromatic N) is 1. The molecule has 1 aliphatic heterocycles. The molecule has 0 radical (unpaired) electrons. The van der Waals surface area contributed by atoms with Crippen LogP contribution in [0.4, 0.5) is 0 Å². The van der Waals surface area contributed by atoms with Crippen LogP contribution in [0.15, 0.2) is 22.7 Å². The molecule has 1 aromatic rings. The Labute approximate surface area is 93.2 Å². The molecule has 0 spiro atoms. The molecular weight excluding hydrogens is 240 g/mol. The molecule has 1 aliphatic rings. The van der Waals surface area contributed by atoms with E-state index in [0.717, 1.165) is 24.0 Å². The largest absolute Gasteiger partial charge is 0.329 e. The van der Waals surface area contributed by atoms with Gasteiger partial charge in [0.15, 0.2) is 0 Å². The quantitative estimate of drug-likeness (QED) is 0.828. The third-order valence-electron chi connectivity index (χ3n) is 2.94. The molecular formula is C11H15BrN2. The zero-order valence-corrected chi connectivity index (χ0v) is 9.92. The van der Waals surface area contributed by atoms with Crippen molar-refractivity contribution < 1.29 is 0 Å². The van der Waals surface area contributed by atoms with Crippen molar-refractivity contribution in [2.45, 2.75) is 19.0 Å². The number of hydrogen-bond donors (Lipinski definition) is 1. The zero-order chi connectivity index (χ0) is 10.1. The van der Waals surface area contributed by atoms with Gasteiger partial charge in [0.05, 0.1) is 0 Å². The van der Waals surface area contributed by atoms with Gasteiger partial charge in [0.25, 0.3) is 0 Å². The second kappa shape index (κ2) is 4.01. The van der Waals surface area contributed by atoms with Crippen molar-refractivity contribution in [1.29, 1.82) is 0 Å². The second-order valence-electron chi connectivity index (χ2n) is 3.92. The molecule has 0 fully saturated rings. The van der Waals surface area contributed by atoms with E-state index in [4.69, 9.17) is 5.73 Å². The average Bonchev–Trinajstić information content (AvgIpc) is 2.16. The third kappa shape index (κ3) is 1.85. The van der Waals surface area contributed by atoms with E-state index < -0.39 is 0 Å². The van der Waals surface area contributed by atoms with Crippen LogP contribution in [0.1, 0.15) is 11.1 Å². The Morgan fingerprint density at radius 1 is 1.50 bits per heavy atom. The number of nitrogens with two attached hydrogens (primary N) is 1. The van der Waals surface area contributed by atoms with Crippen molar-refractivity contribution in [3.05, 3.63) is 33.8 Å². The van der Waals surface area contributed by atoms with E-state index in [1.807, 2.05) is 0 Å². The molecule has 2 rings (SSSR count). The Bertz CT molecular complexity index is 338. The van der Waals surface area contributed by atoms with Gasteiger partial charge in [-0.2, -0.15) is 0 Å². The fourth-order valence-electron chi connectivity index (χ4n) is 2.01. The molecule has 14 heavy (non-hydrogen) atoms. The topological polar surface area (TPSA) is 29.3 Å². The highest BCUT2D eigenvalue weighted by Gasteiger charge is 2.21. The maximum atomic E-state index is 5.73. The summed E-state index contributed by atoms with van der Waals surface area (Å²) in [7, 11) is 2.14. The Hall–Kier alpha value is -0.380. The van der Waals surface area contributed by atoms with Gasteiger partial charge in [-0.1, -0.05) is 22.0 Å². The molecule has 1 unspecified atom stereocenters. The summed E-state index contributed by atoms with van der Waals surface area (Å²) >= 11 is 3.50. The molecule has 2 nitrogen and oxygen atoms in total. The van der Waals surface area contributed by atoms with E-state index in [1.165, 1.54) is 11.1 Å². The molecule has 3 heteroatoms. The molecule has 1 heterocycles. The lowest BCUT2D eigenvalue weighted by molar-refractivity contribution is 0.220. The van der Waals surface area contributed by atoms with Crippen molar-refractivity contribution in [1.82, 2.24) is 4.90 Å². The van der Waals surface area contributed by atoms with Gasteiger partial charge in [-0.05, 0) is 36.7 Å². The van der Waals surface area contributed by atoms with Gasteiger partial charge in [0.2, 0.25) is 0 Å². The fourth-order valence-corrected chi connectivity index (χ4v) is 2.42. The third-order valence-corrected chi connectivity index (χ3v) is 3.43. The fraction of sp³-hybridized carbons (Fsp3) is 0.455. The zero-order valence-electron chi connectivity index (χ0n) is 8.33. The summed E-state index contributed by atoms with van der Waals surface area (Å²) < 4.78 is 1.16. The average molecular weight is 255 g/mol. The highest BCUT2D eigenvalue weighted by Crippen LogP contribution is 2.24. The standard InChI is InChI=1S/C11H15BrN2/c1-14-7-9-4-10(12)3-2-8(9)5-11(14)6-13/h2-4,11H,5-7,13H2,1H3. The van der Waals surface area contributed by atoms with Crippen molar-refractivity contribution >= 4 is 15.9 Å². The highest BCUT2D eigenvalue weighted by atomic mass is 79.9. The van der Waals surface area contributed by atoms with Crippen LogP contribution in [-0.2, 0) is 13.0 Å². The van der Waals surface area contributed by atoms with Crippen LogP contribution >= 0.6 is 15.9 Å². The first kappa shape index (κ1) is 10.1. The lowest BCUT2D eigenvalue weighted by Crippen LogP contribution is -2.42. The normalized spacial score (nSPS) is 22.1. The number of halogens is 1. The van der Waals surface area contributed by atoms with Gasteiger partial charge in [-0.3, -0.25) is 4.90 Å². The van der Waals surface area contributed by atoms with E-state index in [0.29, 0.717) is 6.04 Å².